The lowest BCUT2D eigenvalue weighted by molar-refractivity contribution is -0.116. The van der Waals surface area contributed by atoms with Gasteiger partial charge in [-0.1, -0.05) is 42.5 Å². The number of aromatic nitrogens is 2. The van der Waals surface area contributed by atoms with Crippen LogP contribution in [0.15, 0.2) is 77.7 Å². The van der Waals surface area contributed by atoms with Crippen molar-refractivity contribution in [2.75, 3.05) is 5.43 Å². The monoisotopic (exact) mass is 341 g/mol. The Morgan fingerprint density at radius 1 is 1.04 bits per heavy atom. The number of para-hydroxylation sites is 2. The fourth-order valence-corrected chi connectivity index (χ4v) is 3.40. The molecule has 5 rings (SSSR count). The van der Waals surface area contributed by atoms with Crippen LogP contribution in [0.25, 0.3) is 32.8 Å². The van der Waals surface area contributed by atoms with Gasteiger partial charge in [-0.3, -0.25) is 10.2 Å². The maximum atomic E-state index is 12.6. The first-order valence-corrected chi connectivity index (χ1v) is 8.39. The fourth-order valence-electron chi connectivity index (χ4n) is 3.40. The van der Waals surface area contributed by atoms with Crippen LogP contribution in [0.1, 0.15) is 5.56 Å². The number of rotatable bonds is 3. The van der Waals surface area contributed by atoms with Gasteiger partial charge in [0, 0.05) is 10.9 Å². The molecule has 0 aliphatic carbocycles. The summed E-state index contributed by atoms with van der Waals surface area (Å²) in [6, 6.07) is 19.8. The number of furan rings is 1. The third-order valence-corrected chi connectivity index (χ3v) is 4.59. The maximum Gasteiger partial charge on any atom is 0.243 e. The molecule has 0 atom stereocenters. The van der Waals surface area contributed by atoms with Crippen LogP contribution in [0.4, 0.5) is 0 Å². The van der Waals surface area contributed by atoms with Crippen LogP contribution in [-0.4, -0.2) is 15.6 Å². The number of imidazole rings is 1. The van der Waals surface area contributed by atoms with Crippen LogP contribution in [0.3, 0.4) is 0 Å². The number of carbonyl (C=O) groups is 1. The molecule has 0 bridgehead atoms. The van der Waals surface area contributed by atoms with Crippen molar-refractivity contribution in [2.45, 2.75) is 6.42 Å². The van der Waals surface area contributed by atoms with E-state index in [2.05, 4.69) is 22.5 Å². The molecule has 2 heterocycles. The molecular weight excluding hydrogens is 326 g/mol. The highest BCUT2D eigenvalue weighted by Crippen LogP contribution is 2.30. The largest absolute Gasteiger partial charge is 0.464 e. The molecule has 2 aromatic heterocycles. The van der Waals surface area contributed by atoms with Gasteiger partial charge >= 0.3 is 0 Å². The first-order valence-electron chi connectivity index (χ1n) is 8.39. The highest BCUT2D eigenvalue weighted by atomic mass is 16.3. The first-order chi connectivity index (χ1) is 12.8. The van der Waals surface area contributed by atoms with Gasteiger partial charge in [-0.05, 0) is 29.0 Å². The quantitative estimate of drug-likeness (QED) is 0.534. The van der Waals surface area contributed by atoms with Crippen molar-refractivity contribution in [1.29, 1.82) is 0 Å². The van der Waals surface area contributed by atoms with E-state index in [4.69, 9.17) is 4.42 Å². The van der Waals surface area contributed by atoms with Crippen LogP contribution in [0.2, 0.25) is 0 Å². The topological polar surface area (TPSA) is 60.1 Å². The van der Waals surface area contributed by atoms with E-state index in [0.29, 0.717) is 0 Å². The Morgan fingerprint density at radius 2 is 1.88 bits per heavy atom. The van der Waals surface area contributed by atoms with E-state index in [1.165, 1.54) is 0 Å². The molecule has 0 saturated carbocycles. The van der Waals surface area contributed by atoms with E-state index in [9.17, 15) is 4.79 Å². The van der Waals surface area contributed by atoms with Gasteiger partial charge in [-0.2, -0.15) is 0 Å². The minimum absolute atomic E-state index is 0.121. The van der Waals surface area contributed by atoms with E-state index < -0.39 is 0 Å². The minimum Gasteiger partial charge on any atom is -0.464 e. The van der Waals surface area contributed by atoms with E-state index in [1.807, 2.05) is 48.5 Å². The minimum atomic E-state index is -0.121. The Balaban J connectivity index is 1.49. The van der Waals surface area contributed by atoms with Gasteiger partial charge in [-0.25, -0.2) is 9.66 Å². The van der Waals surface area contributed by atoms with E-state index in [0.717, 1.165) is 38.3 Å². The van der Waals surface area contributed by atoms with Gasteiger partial charge in [0.1, 0.15) is 11.9 Å². The molecule has 0 unspecified atom stereocenters. The predicted octanol–water partition coefficient (Wildman–Crippen LogP) is 4.25. The van der Waals surface area contributed by atoms with Gasteiger partial charge in [0.25, 0.3) is 0 Å². The van der Waals surface area contributed by atoms with Crippen LogP contribution in [-0.2, 0) is 11.2 Å². The normalized spacial score (nSPS) is 11.4. The van der Waals surface area contributed by atoms with Gasteiger partial charge in [0.15, 0.2) is 0 Å². The van der Waals surface area contributed by atoms with Gasteiger partial charge in [0.05, 0.1) is 23.7 Å². The lowest BCUT2D eigenvalue weighted by atomic mass is 10.0. The zero-order valence-electron chi connectivity index (χ0n) is 13.8. The van der Waals surface area contributed by atoms with Crippen LogP contribution in [0.5, 0.6) is 0 Å². The molecule has 0 radical (unpaired) electrons. The number of amides is 1. The number of benzene rings is 3. The summed E-state index contributed by atoms with van der Waals surface area (Å²) in [6.45, 7) is 0. The molecule has 1 amide bonds. The average Bonchev–Trinajstić information content (AvgIpc) is 3.27. The smallest absolute Gasteiger partial charge is 0.243 e. The van der Waals surface area contributed by atoms with Crippen molar-refractivity contribution < 1.29 is 9.21 Å². The summed E-state index contributed by atoms with van der Waals surface area (Å²) in [6.07, 6.45) is 3.52. The summed E-state index contributed by atoms with van der Waals surface area (Å²) in [5, 5.41) is 3.21. The summed E-state index contributed by atoms with van der Waals surface area (Å²) in [4.78, 5) is 16.9. The first kappa shape index (κ1) is 14.7. The molecule has 1 N–H and O–H groups in total. The van der Waals surface area contributed by atoms with Crippen molar-refractivity contribution in [1.82, 2.24) is 9.66 Å². The highest BCUT2D eigenvalue weighted by molar-refractivity contribution is 6.08. The van der Waals surface area contributed by atoms with Crippen molar-refractivity contribution in [3.8, 4) is 0 Å². The Hall–Kier alpha value is -3.60. The number of fused-ring (bicyclic) bond motifs is 4. The van der Waals surface area contributed by atoms with E-state index >= 15 is 0 Å². The van der Waals surface area contributed by atoms with E-state index in [-0.39, 0.29) is 12.3 Å². The Kier molecular flexibility index (Phi) is 3.25. The van der Waals surface area contributed by atoms with Crippen molar-refractivity contribution in [3.63, 3.8) is 0 Å². The lowest BCUT2D eigenvalue weighted by Gasteiger charge is -2.07. The number of carbonyl (C=O) groups excluding carboxylic acids is 1. The third kappa shape index (κ3) is 2.33. The van der Waals surface area contributed by atoms with Gasteiger partial charge in [-0.15, -0.1) is 0 Å². The van der Waals surface area contributed by atoms with Crippen molar-refractivity contribution in [2.24, 2.45) is 0 Å². The molecule has 0 aliphatic heterocycles. The number of nitrogens with zero attached hydrogens (tertiary/aromatic N) is 2. The van der Waals surface area contributed by atoms with Gasteiger partial charge < -0.3 is 4.42 Å². The second-order valence-corrected chi connectivity index (χ2v) is 6.24. The Bertz CT molecular complexity index is 1270. The summed E-state index contributed by atoms with van der Waals surface area (Å²) in [5.74, 6) is -0.121. The van der Waals surface area contributed by atoms with Crippen LogP contribution >= 0.6 is 0 Å². The molecule has 5 aromatic rings. The molecule has 0 saturated heterocycles. The maximum absolute atomic E-state index is 12.6. The Labute approximate surface area is 148 Å². The zero-order valence-corrected chi connectivity index (χ0v) is 13.8. The molecule has 0 aliphatic rings. The summed E-state index contributed by atoms with van der Waals surface area (Å²) in [7, 11) is 0. The molecule has 5 nitrogen and oxygen atoms in total. The predicted molar refractivity (Wildman–Crippen MR) is 102 cm³/mol. The third-order valence-electron chi connectivity index (χ3n) is 4.59. The average molecular weight is 341 g/mol. The SMILES string of the molecule is O=C(Cc1coc2ccc3ccccc3c12)Nn1cnc2ccccc21. The van der Waals surface area contributed by atoms with Crippen molar-refractivity contribution >= 4 is 38.7 Å². The van der Waals surface area contributed by atoms with Crippen molar-refractivity contribution in [3.05, 3.63) is 78.8 Å². The number of hydrogen-bond donors (Lipinski definition) is 1. The standard InChI is InChI=1S/C21H15N3O2/c25-20(23-24-13-22-17-7-3-4-8-18(17)24)11-15-12-26-19-10-9-14-5-1-2-6-16(14)21(15)19/h1-10,12-13H,11H2,(H,23,25). The molecule has 0 fully saturated rings. The lowest BCUT2D eigenvalue weighted by Crippen LogP contribution is -2.23. The number of hydrogen-bond acceptors (Lipinski definition) is 3. The Morgan fingerprint density at radius 3 is 2.85 bits per heavy atom. The second kappa shape index (κ2) is 5.74. The summed E-state index contributed by atoms with van der Waals surface area (Å²) < 4.78 is 7.32. The highest BCUT2D eigenvalue weighted by Gasteiger charge is 2.14. The van der Waals surface area contributed by atoms with Crippen LogP contribution < -0.4 is 5.43 Å². The molecule has 5 heteroatoms. The zero-order chi connectivity index (χ0) is 17.5. The molecule has 26 heavy (non-hydrogen) atoms. The summed E-state index contributed by atoms with van der Waals surface area (Å²) in [5.41, 5.74) is 6.26. The molecular formula is C21H15N3O2. The second-order valence-electron chi connectivity index (χ2n) is 6.24. The summed E-state index contributed by atoms with van der Waals surface area (Å²) >= 11 is 0. The molecule has 126 valence electrons. The number of nitrogens with one attached hydrogen (secondary N) is 1. The molecule has 0 spiro atoms. The fraction of sp³-hybridized carbons (Fsp3) is 0.0476. The van der Waals surface area contributed by atoms with Gasteiger partial charge in [0.2, 0.25) is 5.91 Å². The molecule has 3 aromatic carbocycles. The van der Waals surface area contributed by atoms with Crippen LogP contribution in [0, 0.1) is 0 Å². The van der Waals surface area contributed by atoms with E-state index in [1.54, 1.807) is 17.3 Å².